The van der Waals surface area contributed by atoms with E-state index in [2.05, 4.69) is 17.3 Å². The molecule has 2 N–H and O–H groups in total. The molecule has 6 heteroatoms. The molecule has 2 aromatic rings. The molecule has 0 unspecified atom stereocenters. The molecule has 0 spiro atoms. The zero-order chi connectivity index (χ0) is 17.2. The van der Waals surface area contributed by atoms with E-state index in [1.54, 1.807) is 35.1 Å². The Morgan fingerprint density at radius 3 is 2.46 bits per heavy atom. The maximum atomic E-state index is 12.5. The highest BCUT2D eigenvalue weighted by Gasteiger charge is 2.42. The van der Waals surface area contributed by atoms with Crippen LogP contribution in [0, 0.1) is 5.92 Å². The average Bonchev–Trinajstić information content (AvgIpc) is 3.11. The molecule has 1 aromatic heterocycles. The Bertz CT molecular complexity index is 714. The second-order valence-electron chi connectivity index (χ2n) is 6.52. The fourth-order valence-corrected chi connectivity index (χ4v) is 3.12. The molecule has 3 rings (SSSR count). The Morgan fingerprint density at radius 1 is 1.25 bits per heavy atom. The maximum Gasteiger partial charge on any atom is 0.329 e. The molecule has 0 atom stereocenters. The smallest absolute Gasteiger partial charge is 0.329 e. The topological polar surface area (TPSA) is 84.2 Å². The number of rotatable bonds is 4. The van der Waals surface area contributed by atoms with Crippen LogP contribution in [0.25, 0.3) is 5.69 Å². The number of aromatic nitrogens is 2. The molecule has 1 aliphatic rings. The van der Waals surface area contributed by atoms with Crippen LogP contribution in [0.1, 0.15) is 43.0 Å². The Balaban J connectivity index is 1.75. The van der Waals surface area contributed by atoms with Crippen LogP contribution in [0.4, 0.5) is 0 Å². The van der Waals surface area contributed by atoms with E-state index in [-0.39, 0.29) is 5.91 Å². The molecule has 1 amide bonds. The molecule has 1 fully saturated rings. The van der Waals surface area contributed by atoms with Gasteiger partial charge in [0.25, 0.3) is 5.91 Å². The summed E-state index contributed by atoms with van der Waals surface area (Å²) in [5, 5.41) is 16.5. The number of aliphatic carboxylic acids is 1. The minimum atomic E-state index is -1.15. The van der Waals surface area contributed by atoms with E-state index < -0.39 is 11.5 Å². The van der Waals surface area contributed by atoms with Crippen LogP contribution in [0.3, 0.4) is 0 Å². The molecule has 1 heterocycles. The normalized spacial score (nSPS) is 23.6. The Morgan fingerprint density at radius 2 is 1.92 bits per heavy atom. The summed E-state index contributed by atoms with van der Waals surface area (Å²) in [6, 6.07) is 8.78. The molecule has 1 aromatic carbocycles. The highest BCUT2D eigenvalue weighted by atomic mass is 16.4. The van der Waals surface area contributed by atoms with Crippen molar-refractivity contribution < 1.29 is 14.7 Å². The van der Waals surface area contributed by atoms with Gasteiger partial charge in [-0.2, -0.15) is 5.10 Å². The van der Waals surface area contributed by atoms with Gasteiger partial charge >= 0.3 is 5.97 Å². The van der Waals surface area contributed by atoms with Crippen molar-refractivity contribution in [1.29, 1.82) is 0 Å². The standard InChI is InChI=1S/C18H21N3O3/c1-13-7-9-18(10-8-13,17(23)24)20-16(22)14-3-5-15(6-4-14)21-12-2-11-19-21/h2-6,11-13H,7-10H2,1H3,(H,20,22)(H,23,24). The first-order chi connectivity index (χ1) is 11.5. The SMILES string of the molecule is CC1CCC(NC(=O)c2ccc(-n3cccn3)cc2)(C(=O)O)CC1. The quantitative estimate of drug-likeness (QED) is 0.904. The van der Waals surface area contributed by atoms with Gasteiger partial charge in [0, 0.05) is 18.0 Å². The first-order valence-corrected chi connectivity index (χ1v) is 8.16. The summed E-state index contributed by atoms with van der Waals surface area (Å²) < 4.78 is 1.70. The first-order valence-electron chi connectivity index (χ1n) is 8.16. The van der Waals surface area contributed by atoms with Gasteiger partial charge in [0.15, 0.2) is 0 Å². The van der Waals surface area contributed by atoms with E-state index >= 15 is 0 Å². The molecule has 24 heavy (non-hydrogen) atoms. The van der Waals surface area contributed by atoms with Crippen LogP contribution >= 0.6 is 0 Å². The molecule has 126 valence electrons. The van der Waals surface area contributed by atoms with Crippen LogP contribution in [0.5, 0.6) is 0 Å². The third-order valence-corrected chi connectivity index (χ3v) is 4.79. The highest BCUT2D eigenvalue weighted by Crippen LogP contribution is 2.32. The van der Waals surface area contributed by atoms with Gasteiger partial charge in [-0.05, 0) is 61.9 Å². The van der Waals surface area contributed by atoms with Crippen LogP contribution < -0.4 is 5.32 Å². The number of hydrogen-bond acceptors (Lipinski definition) is 3. The molecular formula is C18H21N3O3. The molecule has 0 bridgehead atoms. The lowest BCUT2D eigenvalue weighted by Gasteiger charge is -2.36. The van der Waals surface area contributed by atoms with Gasteiger partial charge in [0.05, 0.1) is 5.69 Å². The van der Waals surface area contributed by atoms with Gasteiger partial charge in [-0.25, -0.2) is 9.48 Å². The molecule has 0 aliphatic heterocycles. The van der Waals surface area contributed by atoms with Crippen molar-refractivity contribution in [3.63, 3.8) is 0 Å². The molecular weight excluding hydrogens is 306 g/mol. The summed E-state index contributed by atoms with van der Waals surface area (Å²) in [7, 11) is 0. The van der Waals surface area contributed by atoms with Gasteiger partial charge < -0.3 is 10.4 Å². The fourth-order valence-electron chi connectivity index (χ4n) is 3.12. The van der Waals surface area contributed by atoms with Gasteiger partial charge in [-0.1, -0.05) is 6.92 Å². The summed E-state index contributed by atoms with van der Waals surface area (Å²) in [6.45, 7) is 2.11. The van der Waals surface area contributed by atoms with E-state index in [0.717, 1.165) is 18.5 Å². The summed E-state index contributed by atoms with van der Waals surface area (Å²) in [5.74, 6) is -0.794. The molecule has 0 radical (unpaired) electrons. The number of carboxylic acid groups (broad SMARTS) is 1. The number of amides is 1. The second kappa shape index (κ2) is 6.47. The van der Waals surface area contributed by atoms with E-state index in [1.165, 1.54) is 0 Å². The van der Waals surface area contributed by atoms with Gasteiger partial charge in [-0.15, -0.1) is 0 Å². The lowest BCUT2D eigenvalue weighted by atomic mass is 9.77. The number of carboxylic acids is 1. The zero-order valence-electron chi connectivity index (χ0n) is 13.6. The van der Waals surface area contributed by atoms with Gasteiger partial charge in [0.1, 0.15) is 5.54 Å². The van der Waals surface area contributed by atoms with Crippen LogP contribution in [0.15, 0.2) is 42.7 Å². The summed E-state index contributed by atoms with van der Waals surface area (Å²) >= 11 is 0. The molecule has 0 saturated heterocycles. The van der Waals surface area contributed by atoms with Crippen LogP contribution in [-0.4, -0.2) is 32.3 Å². The van der Waals surface area contributed by atoms with Crippen molar-refractivity contribution in [1.82, 2.24) is 15.1 Å². The summed E-state index contributed by atoms with van der Waals surface area (Å²) in [5.41, 5.74) is 0.144. The molecule has 1 aliphatic carbocycles. The molecule has 6 nitrogen and oxygen atoms in total. The van der Waals surface area contributed by atoms with Crippen molar-refractivity contribution in [2.75, 3.05) is 0 Å². The lowest BCUT2D eigenvalue weighted by Crippen LogP contribution is -2.56. The lowest BCUT2D eigenvalue weighted by molar-refractivity contribution is -0.146. The van der Waals surface area contributed by atoms with Gasteiger partial charge in [0.2, 0.25) is 0 Å². The van der Waals surface area contributed by atoms with Crippen molar-refractivity contribution in [3.05, 3.63) is 48.3 Å². The van der Waals surface area contributed by atoms with E-state index in [9.17, 15) is 14.7 Å². The van der Waals surface area contributed by atoms with Crippen molar-refractivity contribution in [3.8, 4) is 5.69 Å². The summed E-state index contributed by atoms with van der Waals surface area (Å²) in [6.07, 6.45) is 6.07. The number of nitrogens with one attached hydrogen (secondary N) is 1. The number of carbonyl (C=O) groups is 2. The van der Waals surface area contributed by atoms with Crippen molar-refractivity contribution in [2.24, 2.45) is 5.92 Å². The van der Waals surface area contributed by atoms with E-state index in [4.69, 9.17) is 0 Å². The fraction of sp³-hybridized carbons (Fsp3) is 0.389. The van der Waals surface area contributed by atoms with Crippen molar-refractivity contribution >= 4 is 11.9 Å². The number of benzene rings is 1. The molecule has 1 saturated carbocycles. The predicted molar refractivity (Wildman–Crippen MR) is 89.0 cm³/mol. The number of carbonyl (C=O) groups excluding carboxylic acids is 1. The first kappa shape index (κ1) is 16.2. The summed E-state index contributed by atoms with van der Waals surface area (Å²) in [4.78, 5) is 24.2. The highest BCUT2D eigenvalue weighted by molar-refractivity contribution is 5.98. The zero-order valence-corrected chi connectivity index (χ0v) is 13.6. The van der Waals surface area contributed by atoms with Crippen LogP contribution in [-0.2, 0) is 4.79 Å². The minimum Gasteiger partial charge on any atom is -0.480 e. The maximum absolute atomic E-state index is 12.5. The van der Waals surface area contributed by atoms with E-state index in [0.29, 0.717) is 24.3 Å². The minimum absolute atomic E-state index is 0.348. The Labute approximate surface area is 140 Å². The Kier molecular flexibility index (Phi) is 4.38. The van der Waals surface area contributed by atoms with Crippen LogP contribution in [0.2, 0.25) is 0 Å². The number of hydrogen-bond donors (Lipinski definition) is 2. The third kappa shape index (κ3) is 3.18. The average molecular weight is 327 g/mol. The third-order valence-electron chi connectivity index (χ3n) is 4.79. The largest absolute Gasteiger partial charge is 0.480 e. The predicted octanol–water partition coefficient (Wildman–Crippen LogP) is 2.64. The number of nitrogens with zero attached hydrogens (tertiary/aromatic N) is 2. The van der Waals surface area contributed by atoms with Gasteiger partial charge in [-0.3, -0.25) is 4.79 Å². The second-order valence-corrected chi connectivity index (χ2v) is 6.52. The van der Waals surface area contributed by atoms with Crippen molar-refractivity contribution in [2.45, 2.75) is 38.1 Å². The Hall–Kier alpha value is -2.63. The van der Waals surface area contributed by atoms with E-state index in [1.807, 2.05) is 12.3 Å². The monoisotopic (exact) mass is 327 g/mol.